The third-order valence-corrected chi connectivity index (χ3v) is 6.46. The third-order valence-electron chi connectivity index (χ3n) is 6.46. The predicted octanol–water partition coefficient (Wildman–Crippen LogP) is 3.14. The Kier molecular flexibility index (Phi) is 4.08. The van der Waals surface area contributed by atoms with Gasteiger partial charge in [0.15, 0.2) is 11.5 Å². The van der Waals surface area contributed by atoms with Gasteiger partial charge in [-0.2, -0.15) is 0 Å². The van der Waals surface area contributed by atoms with Crippen LogP contribution in [0.3, 0.4) is 0 Å². The molecule has 6 rings (SSSR count). The molecule has 7 nitrogen and oxygen atoms in total. The van der Waals surface area contributed by atoms with Crippen molar-refractivity contribution >= 4 is 17.3 Å². The van der Waals surface area contributed by atoms with Gasteiger partial charge in [-0.3, -0.25) is 9.78 Å². The van der Waals surface area contributed by atoms with E-state index in [0.717, 1.165) is 28.2 Å². The fraction of sp³-hybridized carbons (Fsp3) is 0.280. The van der Waals surface area contributed by atoms with E-state index in [1.807, 2.05) is 78.6 Å². The molecular formula is C25H23N3O4. The Bertz CT molecular complexity index is 1220. The van der Waals surface area contributed by atoms with Crippen LogP contribution in [0.15, 0.2) is 54.7 Å². The maximum absolute atomic E-state index is 14.0. The number of carbonyl (C=O) groups excluding carboxylic acids is 1. The molecule has 0 saturated heterocycles. The zero-order chi connectivity index (χ0) is 21.9. The molecule has 1 atom stereocenters. The first-order chi connectivity index (χ1) is 15.6. The SMILES string of the molecule is CN(C)c1ccc(CN2C(=O)C3(COc4cc5c(cc43)OCCO5)c3ccccc32)nc1. The fourth-order valence-corrected chi connectivity index (χ4v) is 4.81. The lowest BCUT2D eigenvalue weighted by Gasteiger charge is -2.24. The molecule has 3 aromatic rings. The van der Waals surface area contributed by atoms with Gasteiger partial charge in [-0.25, -0.2) is 0 Å². The molecule has 1 aromatic heterocycles. The van der Waals surface area contributed by atoms with E-state index < -0.39 is 5.41 Å². The molecule has 4 heterocycles. The number of para-hydroxylation sites is 1. The molecule has 3 aliphatic rings. The molecule has 0 bridgehead atoms. The molecule has 2 aromatic carbocycles. The predicted molar refractivity (Wildman–Crippen MR) is 120 cm³/mol. The average molecular weight is 429 g/mol. The van der Waals surface area contributed by atoms with Crippen molar-refractivity contribution in [3.63, 3.8) is 0 Å². The number of carbonyl (C=O) groups is 1. The van der Waals surface area contributed by atoms with E-state index in [-0.39, 0.29) is 12.5 Å². The van der Waals surface area contributed by atoms with Crippen LogP contribution in [0.5, 0.6) is 17.2 Å². The summed E-state index contributed by atoms with van der Waals surface area (Å²) in [6.07, 6.45) is 1.83. The molecule has 0 aliphatic carbocycles. The number of hydrogen-bond acceptors (Lipinski definition) is 6. The van der Waals surface area contributed by atoms with E-state index in [0.29, 0.717) is 37.0 Å². The number of benzene rings is 2. The Morgan fingerprint density at radius 1 is 0.969 bits per heavy atom. The molecule has 32 heavy (non-hydrogen) atoms. The maximum Gasteiger partial charge on any atom is 0.246 e. The number of nitrogens with zero attached hydrogens (tertiary/aromatic N) is 3. The Morgan fingerprint density at radius 3 is 2.50 bits per heavy atom. The van der Waals surface area contributed by atoms with Crippen LogP contribution in [-0.4, -0.2) is 44.8 Å². The van der Waals surface area contributed by atoms with E-state index in [1.165, 1.54) is 0 Å². The number of aromatic nitrogens is 1. The van der Waals surface area contributed by atoms with Crippen LogP contribution in [0.1, 0.15) is 16.8 Å². The van der Waals surface area contributed by atoms with Crippen molar-refractivity contribution in [1.82, 2.24) is 4.98 Å². The summed E-state index contributed by atoms with van der Waals surface area (Å²) in [7, 11) is 3.96. The molecule has 7 heteroatoms. The molecule has 0 radical (unpaired) electrons. The molecule has 1 unspecified atom stereocenters. The zero-order valence-electron chi connectivity index (χ0n) is 18.0. The van der Waals surface area contributed by atoms with E-state index in [1.54, 1.807) is 0 Å². The summed E-state index contributed by atoms with van der Waals surface area (Å²) in [6, 6.07) is 15.7. The van der Waals surface area contributed by atoms with Gasteiger partial charge in [0.25, 0.3) is 0 Å². The highest BCUT2D eigenvalue weighted by Crippen LogP contribution is 2.54. The molecule has 0 fully saturated rings. The van der Waals surface area contributed by atoms with Gasteiger partial charge in [0.05, 0.1) is 24.1 Å². The monoisotopic (exact) mass is 429 g/mol. The van der Waals surface area contributed by atoms with Crippen LogP contribution in [0, 0.1) is 0 Å². The first-order valence-corrected chi connectivity index (χ1v) is 10.7. The number of ether oxygens (including phenoxy) is 3. The lowest BCUT2D eigenvalue weighted by molar-refractivity contribution is -0.122. The zero-order valence-corrected chi connectivity index (χ0v) is 18.0. The normalized spacial score (nSPS) is 20.2. The van der Waals surface area contributed by atoms with E-state index in [2.05, 4.69) is 4.98 Å². The van der Waals surface area contributed by atoms with Gasteiger partial charge in [-0.15, -0.1) is 0 Å². The van der Waals surface area contributed by atoms with Gasteiger partial charge >= 0.3 is 0 Å². The highest BCUT2D eigenvalue weighted by atomic mass is 16.6. The van der Waals surface area contributed by atoms with Crippen LogP contribution < -0.4 is 24.0 Å². The first-order valence-electron chi connectivity index (χ1n) is 10.7. The largest absolute Gasteiger partial charge is 0.491 e. The van der Waals surface area contributed by atoms with Crippen molar-refractivity contribution in [2.45, 2.75) is 12.0 Å². The minimum absolute atomic E-state index is 0.00684. The molecule has 1 spiro atoms. The average Bonchev–Trinajstić information content (AvgIpc) is 3.30. The second kappa shape index (κ2) is 6.88. The highest BCUT2D eigenvalue weighted by molar-refractivity contribution is 6.11. The molecule has 3 aliphatic heterocycles. The van der Waals surface area contributed by atoms with Crippen LogP contribution >= 0.6 is 0 Å². The van der Waals surface area contributed by atoms with Crippen molar-refractivity contribution in [1.29, 1.82) is 0 Å². The molecule has 162 valence electrons. The number of rotatable bonds is 3. The standard InChI is InChI=1S/C25H23N3O4/c1-27(2)17-8-7-16(26-13-17)14-28-20-6-4-3-5-18(20)25(24(28)29)15-32-21-12-23-22(11-19(21)25)30-9-10-31-23/h3-8,11-13H,9-10,14-15H2,1-2H3. The number of pyridine rings is 1. The third kappa shape index (κ3) is 2.60. The van der Waals surface area contributed by atoms with Crippen molar-refractivity contribution in [2.75, 3.05) is 43.7 Å². The molecule has 1 amide bonds. The second-order valence-electron chi connectivity index (χ2n) is 8.50. The minimum atomic E-state index is -0.897. The summed E-state index contributed by atoms with van der Waals surface area (Å²) < 4.78 is 17.6. The fourth-order valence-electron chi connectivity index (χ4n) is 4.81. The van der Waals surface area contributed by atoms with Crippen molar-refractivity contribution in [3.05, 3.63) is 71.5 Å². The Morgan fingerprint density at radius 2 is 1.75 bits per heavy atom. The van der Waals surface area contributed by atoms with Gasteiger partial charge in [-0.1, -0.05) is 18.2 Å². The quantitative estimate of drug-likeness (QED) is 0.638. The highest BCUT2D eigenvalue weighted by Gasteiger charge is 2.57. The summed E-state index contributed by atoms with van der Waals surface area (Å²) in [5, 5.41) is 0. The van der Waals surface area contributed by atoms with Crippen LogP contribution in [0.2, 0.25) is 0 Å². The minimum Gasteiger partial charge on any atom is -0.491 e. The Balaban J connectivity index is 1.43. The van der Waals surface area contributed by atoms with Gasteiger partial charge < -0.3 is 24.0 Å². The van der Waals surface area contributed by atoms with Crippen molar-refractivity contribution < 1.29 is 19.0 Å². The Labute approximate surface area is 186 Å². The topological polar surface area (TPSA) is 64.1 Å². The van der Waals surface area contributed by atoms with Gasteiger partial charge in [-0.05, 0) is 29.8 Å². The lowest BCUT2D eigenvalue weighted by atomic mass is 9.77. The van der Waals surface area contributed by atoms with E-state index in [9.17, 15) is 4.79 Å². The van der Waals surface area contributed by atoms with Gasteiger partial charge in [0.2, 0.25) is 5.91 Å². The Hall–Kier alpha value is -3.74. The molecule has 0 saturated carbocycles. The first kappa shape index (κ1) is 19.0. The second-order valence-corrected chi connectivity index (χ2v) is 8.50. The van der Waals surface area contributed by atoms with E-state index in [4.69, 9.17) is 14.2 Å². The molecule has 0 N–H and O–H groups in total. The number of fused-ring (bicyclic) bond motifs is 5. The van der Waals surface area contributed by atoms with Crippen LogP contribution in [0.4, 0.5) is 11.4 Å². The summed E-state index contributed by atoms with van der Waals surface area (Å²) in [4.78, 5) is 22.4. The lowest BCUT2D eigenvalue weighted by Crippen LogP contribution is -2.42. The van der Waals surface area contributed by atoms with Crippen molar-refractivity contribution in [2.24, 2.45) is 0 Å². The summed E-state index contributed by atoms with van der Waals surface area (Å²) >= 11 is 0. The number of amides is 1. The van der Waals surface area contributed by atoms with Gasteiger partial charge in [0.1, 0.15) is 31.0 Å². The summed E-state index contributed by atoms with van der Waals surface area (Å²) in [5.74, 6) is 1.98. The smallest absolute Gasteiger partial charge is 0.246 e. The maximum atomic E-state index is 14.0. The van der Waals surface area contributed by atoms with Gasteiger partial charge in [0, 0.05) is 31.4 Å². The van der Waals surface area contributed by atoms with E-state index >= 15 is 0 Å². The molecular weight excluding hydrogens is 406 g/mol. The van der Waals surface area contributed by atoms with Crippen LogP contribution in [0.25, 0.3) is 0 Å². The summed E-state index contributed by atoms with van der Waals surface area (Å²) in [5.41, 5.74) is 3.62. The van der Waals surface area contributed by atoms with Crippen molar-refractivity contribution in [3.8, 4) is 17.2 Å². The summed E-state index contributed by atoms with van der Waals surface area (Å²) in [6.45, 7) is 1.65. The number of hydrogen-bond donors (Lipinski definition) is 0. The van der Waals surface area contributed by atoms with Crippen LogP contribution in [-0.2, 0) is 16.8 Å². The number of anilines is 2.